The third-order valence-corrected chi connectivity index (χ3v) is 6.32. The zero-order valence-electron chi connectivity index (χ0n) is 18.0. The molecule has 2 aromatic rings. The second kappa shape index (κ2) is 8.99. The van der Waals surface area contributed by atoms with Gasteiger partial charge in [0.2, 0.25) is 5.91 Å². The van der Waals surface area contributed by atoms with Crippen LogP contribution in [0.15, 0.2) is 30.3 Å². The summed E-state index contributed by atoms with van der Waals surface area (Å²) in [5.41, 5.74) is 2.25. The Morgan fingerprint density at radius 3 is 2.33 bits per heavy atom. The summed E-state index contributed by atoms with van der Waals surface area (Å²) in [6, 6.07) is 11.7. The molecule has 0 saturated carbocycles. The smallest absolute Gasteiger partial charge is 0.264 e. The van der Waals surface area contributed by atoms with E-state index in [1.165, 1.54) is 16.9 Å². The van der Waals surface area contributed by atoms with Gasteiger partial charge in [-0.2, -0.15) is 5.26 Å². The van der Waals surface area contributed by atoms with Gasteiger partial charge in [0, 0.05) is 38.1 Å². The minimum absolute atomic E-state index is 0.0341. The number of anilines is 1. The standard InChI is InChI=1S/C23H28N4O2S/c1-16-13-19(25-22(29)23(2,3)4)30-20(16)21(28)27-11-9-26(10-12-27)15-18-7-5-17(14-24)6-8-18/h5-8,13H,9-12,15H2,1-4H3,(H,25,29). The SMILES string of the molecule is Cc1cc(NC(=O)C(C)(C)C)sc1C(=O)N1CCN(Cc2ccc(C#N)cc2)CC1. The van der Waals surface area contributed by atoms with Crippen molar-refractivity contribution in [3.63, 3.8) is 0 Å². The molecule has 3 rings (SSSR count). The number of nitriles is 1. The fraction of sp³-hybridized carbons (Fsp3) is 0.435. The Balaban J connectivity index is 1.57. The number of hydrogen-bond donors (Lipinski definition) is 1. The van der Waals surface area contributed by atoms with Crippen LogP contribution in [0.4, 0.5) is 5.00 Å². The molecule has 0 aliphatic carbocycles. The maximum atomic E-state index is 13.0. The molecule has 1 N–H and O–H groups in total. The molecule has 6 nitrogen and oxygen atoms in total. The summed E-state index contributed by atoms with van der Waals surface area (Å²) in [6.45, 7) is 11.3. The number of thiophene rings is 1. The van der Waals surface area contributed by atoms with E-state index in [1.807, 2.05) is 62.9 Å². The number of nitrogens with one attached hydrogen (secondary N) is 1. The van der Waals surface area contributed by atoms with Crippen LogP contribution in [0.2, 0.25) is 0 Å². The molecule has 2 heterocycles. The van der Waals surface area contributed by atoms with Gasteiger partial charge in [-0.3, -0.25) is 14.5 Å². The van der Waals surface area contributed by atoms with Crippen molar-refractivity contribution in [2.45, 2.75) is 34.2 Å². The molecule has 0 spiro atoms. The second-order valence-electron chi connectivity index (χ2n) is 8.70. The molecule has 30 heavy (non-hydrogen) atoms. The van der Waals surface area contributed by atoms with Gasteiger partial charge in [0.25, 0.3) is 5.91 Å². The van der Waals surface area contributed by atoms with Crippen molar-refractivity contribution in [3.05, 3.63) is 51.9 Å². The third-order valence-electron chi connectivity index (χ3n) is 5.18. The summed E-state index contributed by atoms with van der Waals surface area (Å²) < 4.78 is 0. The van der Waals surface area contributed by atoms with Crippen LogP contribution in [0.5, 0.6) is 0 Å². The van der Waals surface area contributed by atoms with Gasteiger partial charge in [0.05, 0.1) is 21.5 Å². The van der Waals surface area contributed by atoms with Crippen LogP contribution >= 0.6 is 11.3 Å². The zero-order chi connectivity index (χ0) is 21.9. The summed E-state index contributed by atoms with van der Waals surface area (Å²) in [5.74, 6) is -0.0223. The van der Waals surface area contributed by atoms with Crippen molar-refractivity contribution in [2.75, 3.05) is 31.5 Å². The Morgan fingerprint density at radius 1 is 1.13 bits per heavy atom. The molecule has 0 unspecified atom stereocenters. The molecule has 1 aliphatic rings. The van der Waals surface area contributed by atoms with Crippen LogP contribution < -0.4 is 5.32 Å². The first kappa shape index (κ1) is 22.0. The van der Waals surface area contributed by atoms with Gasteiger partial charge in [-0.05, 0) is 36.2 Å². The maximum absolute atomic E-state index is 13.0. The van der Waals surface area contributed by atoms with E-state index in [-0.39, 0.29) is 11.8 Å². The lowest BCUT2D eigenvalue weighted by Gasteiger charge is -2.34. The summed E-state index contributed by atoms with van der Waals surface area (Å²) in [7, 11) is 0. The van der Waals surface area contributed by atoms with Crippen molar-refractivity contribution in [1.29, 1.82) is 5.26 Å². The molecule has 1 aliphatic heterocycles. The number of hydrogen-bond acceptors (Lipinski definition) is 5. The average Bonchev–Trinajstić information content (AvgIpc) is 3.08. The lowest BCUT2D eigenvalue weighted by atomic mass is 9.96. The second-order valence-corrected chi connectivity index (χ2v) is 9.76. The minimum atomic E-state index is -0.479. The van der Waals surface area contributed by atoms with Gasteiger partial charge in [-0.1, -0.05) is 32.9 Å². The number of nitrogens with zero attached hydrogens (tertiary/aromatic N) is 3. The summed E-state index contributed by atoms with van der Waals surface area (Å²) in [4.78, 5) is 30.2. The van der Waals surface area contributed by atoms with Crippen LogP contribution in [0.3, 0.4) is 0 Å². The fourth-order valence-corrected chi connectivity index (χ4v) is 4.29. The normalized spacial score (nSPS) is 15.0. The van der Waals surface area contributed by atoms with Crippen molar-refractivity contribution >= 4 is 28.2 Å². The number of benzene rings is 1. The van der Waals surface area contributed by atoms with Gasteiger partial charge >= 0.3 is 0 Å². The topological polar surface area (TPSA) is 76.4 Å². The highest BCUT2D eigenvalue weighted by atomic mass is 32.1. The highest BCUT2D eigenvalue weighted by Gasteiger charge is 2.26. The monoisotopic (exact) mass is 424 g/mol. The predicted octanol–water partition coefficient (Wildman–Crippen LogP) is 3.87. The van der Waals surface area contributed by atoms with Crippen LogP contribution in [-0.2, 0) is 11.3 Å². The van der Waals surface area contributed by atoms with Crippen molar-refractivity contribution < 1.29 is 9.59 Å². The van der Waals surface area contributed by atoms with Crippen LogP contribution in [0.25, 0.3) is 0 Å². The molecule has 1 aromatic carbocycles. The highest BCUT2D eigenvalue weighted by molar-refractivity contribution is 7.18. The predicted molar refractivity (Wildman–Crippen MR) is 119 cm³/mol. The fourth-order valence-electron chi connectivity index (χ4n) is 3.25. The Bertz CT molecular complexity index is 959. The molecule has 1 aromatic heterocycles. The molecular weight excluding hydrogens is 396 g/mol. The number of piperazine rings is 1. The van der Waals surface area contributed by atoms with Gasteiger partial charge < -0.3 is 10.2 Å². The van der Waals surface area contributed by atoms with Crippen molar-refractivity contribution in [2.24, 2.45) is 5.41 Å². The van der Waals surface area contributed by atoms with Crippen LogP contribution in [-0.4, -0.2) is 47.8 Å². The molecule has 158 valence electrons. The quantitative estimate of drug-likeness (QED) is 0.808. The van der Waals surface area contributed by atoms with E-state index >= 15 is 0 Å². The highest BCUT2D eigenvalue weighted by Crippen LogP contribution is 2.29. The number of carbonyl (C=O) groups excluding carboxylic acids is 2. The van der Waals surface area contributed by atoms with E-state index in [1.54, 1.807) is 0 Å². The molecule has 0 bridgehead atoms. The molecule has 0 atom stereocenters. The first-order chi connectivity index (χ1) is 14.2. The van der Waals surface area contributed by atoms with Crippen molar-refractivity contribution in [3.8, 4) is 6.07 Å². The van der Waals surface area contributed by atoms with Crippen LogP contribution in [0.1, 0.15) is 47.1 Å². The van der Waals surface area contributed by atoms with E-state index in [0.29, 0.717) is 23.5 Å². The Kier molecular flexibility index (Phi) is 6.59. The molecule has 0 radical (unpaired) electrons. The average molecular weight is 425 g/mol. The number of carbonyl (C=O) groups is 2. The maximum Gasteiger partial charge on any atom is 0.264 e. The summed E-state index contributed by atoms with van der Waals surface area (Å²) in [6.07, 6.45) is 0. The van der Waals surface area contributed by atoms with Crippen LogP contribution in [0, 0.1) is 23.7 Å². The first-order valence-electron chi connectivity index (χ1n) is 10.1. The number of rotatable bonds is 4. The molecule has 1 saturated heterocycles. The van der Waals surface area contributed by atoms with Gasteiger partial charge in [-0.15, -0.1) is 11.3 Å². The first-order valence-corrected chi connectivity index (χ1v) is 10.9. The largest absolute Gasteiger partial charge is 0.335 e. The third kappa shape index (κ3) is 5.26. The van der Waals surface area contributed by atoms with E-state index in [9.17, 15) is 9.59 Å². The Hall–Kier alpha value is -2.69. The Labute approximate surface area is 182 Å². The molecule has 1 fully saturated rings. The summed E-state index contributed by atoms with van der Waals surface area (Å²) >= 11 is 1.35. The summed E-state index contributed by atoms with van der Waals surface area (Å²) in [5, 5.41) is 12.5. The Morgan fingerprint density at radius 2 is 1.77 bits per heavy atom. The molecule has 2 amide bonds. The van der Waals surface area contributed by atoms with Gasteiger partial charge in [0.1, 0.15) is 0 Å². The lowest BCUT2D eigenvalue weighted by molar-refractivity contribution is -0.123. The van der Waals surface area contributed by atoms with Gasteiger partial charge in [-0.25, -0.2) is 0 Å². The van der Waals surface area contributed by atoms with E-state index in [4.69, 9.17) is 5.26 Å². The zero-order valence-corrected chi connectivity index (χ0v) is 18.8. The minimum Gasteiger partial charge on any atom is -0.335 e. The molecular formula is C23H28N4O2S. The lowest BCUT2D eigenvalue weighted by Crippen LogP contribution is -2.48. The molecule has 7 heteroatoms. The van der Waals surface area contributed by atoms with E-state index in [2.05, 4.69) is 16.3 Å². The van der Waals surface area contributed by atoms with Crippen molar-refractivity contribution in [1.82, 2.24) is 9.80 Å². The van der Waals surface area contributed by atoms with Gasteiger partial charge in [0.15, 0.2) is 0 Å². The van der Waals surface area contributed by atoms with E-state index in [0.717, 1.165) is 30.2 Å². The van der Waals surface area contributed by atoms with E-state index < -0.39 is 5.41 Å². The number of amides is 2. The number of aryl methyl sites for hydroxylation is 1.